The van der Waals surface area contributed by atoms with Crippen LogP contribution in [0.15, 0.2) is 35.5 Å². The summed E-state index contributed by atoms with van der Waals surface area (Å²) in [5.74, 6) is 0. The predicted octanol–water partition coefficient (Wildman–Crippen LogP) is 2.56. The van der Waals surface area contributed by atoms with Gasteiger partial charge in [-0.2, -0.15) is 13.5 Å². The largest absolute Gasteiger partial charge is 0.281 e. The van der Waals surface area contributed by atoms with Gasteiger partial charge in [0.15, 0.2) is 5.03 Å². The van der Waals surface area contributed by atoms with Gasteiger partial charge >= 0.3 is 0 Å². The molecule has 0 radical (unpaired) electrons. The van der Waals surface area contributed by atoms with Gasteiger partial charge in [0, 0.05) is 29.6 Å². The number of rotatable bonds is 2. The summed E-state index contributed by atoms with van der Waals surface area (Å²) in [6.07, 6.45) is 1.48. The standard InChI is InChI=1S/C14H16ClN3O2S/c1-14(2)9-18(11-6-4-5-10(15)13(11)14)21(19,20)12-7-8-16-17(12)3/h4-8H,9H2,1-3H3. The Bertz CT molecular complexity index is 811. The highest BCUT2D eigenvalue weighted by Crippen LogP contribution is 2.46. The average Bonchev–Trinajstić information content (AvgIpc) is 2.93. The number of nitrogens with zero attached hydrogens (tertiary/aromatic N) is 3. The maximum absolute atomic E-state index is 12.9. The Labute approximate surface area is 129 Å². The van der Waals surface area contributed by atoms with Crippen LogP contribution < -0.4 is 4.31 Å². The van der Waals surface area contributed by atoms with Crippen molar-refractivity contribution in [1.29, 1.82) is 0 Å². The number of hydrogen-bond donors (Lipinski definition) is 0. The highest BCUT2D eigenvalue weighted by Gasteiger charge is 2.43. The lowest BCUT2D eigenvalue weighted by atomic mass is 9.87. The zero-order valence-corrected chi connectivity index (χ0v) is 13.6. The molecule has 3 rings (SSSR count). The van der Waals surface area contributed by atoms with Gasteiger partial charge in [-0.05, 0) is 18.2 Å². The maximum atomic E-state index is 12.9. The van der Waals surface area contributed by atoms with Crippen LogP contribution >= 0.6 is 11.6 Å². The number of benzene rings is 1. The molecule has 0 fully saturated rings. The zero-order valence-electron chi connectivity index (χ0n) is 12.0. The van der Waals surface area contributed by atoms with E-state index < -0.39 is 10.0 Å². The number of halogens is 1. The highest BCUT2D eigenvalue weighted by atomic mass is 35.5. The van der Waals surface area contributed by atoms with E-state index in [2.05, 4.69) is 5.10 Å². The number of aryl methyl sites for hydroxylation is 1. The summed E-state index contributed by atoms with van der Waals surface area (Å²) in [4.78, 5) is 0. The Morgan fingerprint density at radius 2 is 2.00 bits per heavy atom. The van der Waals surface area contributed by atoms with Gasteiger partial charge in [-0.3, -0.25) is 8.99 Å². The third-order valence-electron chi connectivity index (χ3n) is 3.81. The first-order valence-corrected chi connectivity index (χ1v) is 8.37. The van der Waals surface area contributed by atoms with Crippen molar-refractivity contribution in [1.82, 2.24) is 9.78 Å². The molecule has 0 atom stereocenters. The number of anilines is 1. The van der Waals surface area contributed by atoms with E-state index >= 15 is 0 Å². The summed E-state index contributed by atoms with van der Waals surface area (Å²) < 4.78 is 28.6. The van der Waals surface area contributed by atoms with Gasteiger partial charge in [0.05, 0.1) is 11.9 Å². The summed E-state index contributed by atoms with van der Waals surface area (Å²) in [7, 11) is -2.03. The number of sulfonamides is 1. The van der Waals surface area contributed by atoms with Crippen LogP contribution in [0.25, 0.3) is 0 Å². The fraction of sp³-hybridized carbons (Fsp3) is 0.357. The molecular formula is C14H16ClN3O2S. The summed E-state index contributed by atoms with van der Waals surface area (Å²) in [5, 5.41) is 4.72. The van der Waals surface area contributed by atoms with Crippen LogP contribution in [-0.4, -0.2) is 24.7 Å². The Morgan fingerprint density at radius 3 is 2.62 bits per heavy atom. The van der Waals surface area contributed by atoms with Gasteiger partial charge in [-0.25, -0.2) is 0 Å². The van der Waals surface area contributed by atoms with Gasteiger partial charge in [-0.1, -0.05) is 31.5 Å². The van der Waals surface area contributed by atoms with Crippen molar-refractivity contribution < 1.29 is 8.42 Å². The van der Waals surface area contributed by atoms with E-state index in [1.54, 1.807) is 25.2 Å². The SMILES string of the molecule is Cn1nccc1S(=O)(=O)N1CC(C)(C)c2c(Cl)cccc21. The number of fused-ring (bicyclic) bond motifs is 1. The molecule has 0 amide bonds. The molecule has 21 heavy (non-hydrogen) atoms. The van der Waals surface area contributed by atoms with Crippen LogP contribution in [-0.2, 0) is 22.5 Å². The molecule has 0 saturated carbocycles. The molecule has 1 aromatic carbocycles. The lowest BCUT2D eigenvalue weighted by molar-refractivity contribution is 0.546. The second-order valence-corrected chi connectivity index (χ2v) is 8.04. The first-order valence-electron chi connectivity index (χ1n) is 6.55. The van der Waals surface area contributed by atoms with Crippen molar-refractivity contribution in [2.24, 2.45) is 7.05 Å². The highest BCUT2D eigenvalue weighted by molar-refractivity contribution is 7.92. The van der Waals surface area contributed by atoms with Crippen LogP contribution in [0.1, 0.15) is 19.4 Å². The Balaban J connectivity index is 2.20. The molecule has 0 saturated heterocycles. The quantitative estimate of drug-likeness (QED) is 0.852. The molecule has 2 aromatic rings. The van der Waals surface area contributed by atoms with Crippen molar-refractivity contribution in [3.05, 3.63) is 41.0 Å². The third kappa shape index (κ3) is 2.05. The average molecular weight is 326 g/mol. The lowest BCUT2D eigenvalue weighted by Crippen LogP contribution is -2.35. The zero-order chi connectivity index (χ0) is 15.4. The first kappa shape index (κ1) is 14.4. The van der Waals surface area contributed by atoms with Crippen LogP contribution in [0.2, 0.25) is 5.02 Å². The molecule has 0 N–H and O–H groups in total. The molecular weight excluding hydrogens is 310 g/mol. The molecule has 1 aromatic heterocycles. The lowest BCUT2D eigenvalue weighted by Gasteiger charge is -2.22. The second-order valence-electron chi connectivity index (χ2n) is 5.82. The van der Waals surface area contributed by atoms with Gasteiger partial charge in [-0.15, -0.1) is 0 Å². The van der Waals surface area contributed by atoms with Gasteiger partial charge in [0.2, 0.25) is 0 Å². The van der Waals surface area contributed by atoms with Crippen molar-refractivity contribution in [3.8, 4) is 0 Å². The molecule has 7 heteroatoms. The van der Waals surface area contributed by atoms with E-state index in [-0.39, 0.29) is 10.4 Å². The van der Waals surface area contributed by atoms with E-state index in [1.807, 2.05) is 13.8 Å². The fourth-order valence-electron chi connectivity index (χ4n) is 2.86. The van der Waals surface area contributed by atoms with Crippen LogP contribution in [0.4, 0.5) is 5.69 Å². The van der Waals surface area contributed by atoms with E-state index in [4.69, 9.17) is 11.6 Å². The van der Waals surface area contributed by atoms with Crippen LogP contribution in [0, 0.1) is 0 Å². The minimum absolute atomic E-state index is 0.172. The summed E-state index contributed by atoms with van der Waals surface area (Å²) in [5.41, 5.74) is 1.19. The minimum Gasteiger partial charge on any atom is -0.264 e. The topological polar surface area (TPSA) is 55.2 Å². The molecule has 1 aliphatic heterocycles. The van der Waals surface area contributed by atoms with Gasteiger partial charge in [0.1, 0.15) is 0 Å². The summed E-state index contributed by atoms with van der Waals surface area (Å²) in [6.45, 7) is 4.35. The molecule has 0 unspecified atom stereocenters. The smallest absolute Gasteiger partial charge is 0.264 e. The molecule has 0 spiro atoms. The third-order valence-corrected chi connectivity index (χ3v) is 5.96. The predicted molar refractivity (Wildman–Crippen MR) is 82.2 cm³/mol. The van der Waals surface area contributed by atoms with Crippen molar-refractivity contribution in [2.75, 3.05) is 10.8 Å². The second kappa shape index (κ2) is 4.48. The summed E-state index contributed by atoms with van der Waals surface area (Å²) >= 11 is 6.29. The van der Waals surface area contributed by atoms with Gasteiger partial charge in [0.25, 0.3) is 10.0 Å². The molecule has 1 aliphatic rings. The summed E-state index contributed by atoms with van der Waals surface area (Å²) in [6, 6.07) is 6.87. The van der Waals surface area contributed by atoms with Crippen molar-refractivity contribution in [2.45, 2.75) is 24.3 Å². The van der Waals surface area contributed by atoms with E-state index in [0.717, 1.165) is 5.56 Å². The molecule has 112 valence electrons. The van der Waals surface area contributed by atoms with Crippen molar-refractivity contribution >= 4 is 27.3 Å². The normalized spacial score (nSPS) is 17.0. The van der Waals surface area contributed by atoms with Crippen molar-refractivity contribution in [3.63, 3.8) is 0 Å². The number of hydrogen-bond acceptors (Lipinski definition) is 3. The first-order chi connectivity index (χ1) is 9.75. The maximum Gasteiger partial charge on any atom is 0.281 e. The van der Waals surface area contributed by atoms with E-state index in [1.165, 1.54) is 21.3 Å². The molecule has 0 bridgehead atoms. The molecule has 0 aliphatic carbocycles. The molecule has 2 heterocycles. The fourth-order valence-corrected chi connectivity index (χ4v) is 5.02. The Hall–Kier alpha value is -1.53. The minimum atomic E-state index is -3.65. The molecule has 5 nitrogen and oxygen atoms in total. The number of aromatic nitrogens is 2. The van der Waals surface area contributed by atoms with Gasteiger partial charge < -0.3 is 0 Å². The Kier molecular flexibility index (Phi) is 3.07. The Morgan fingerprint density at radius 1 is 1.29 bits per heavy atom. The van der Waals surface area contributed by atoms with E-state index in [0.29, 0.717) is 17.3 Å². The monoisotopic (exact) mass is 325 g/mol. The van der Waals surface area contributed by atoms with Crippen LogP contribution in [0.5, 0.6) is 0 Å². The van der Waals surface area contributed by atoms with E-state index in [9.17, 15) is 8.42 Å². The van der Waals surface area contributed by atoms with Crippen LogP contribution in [0.3, 0.4) is 0 Å².